The minimum absolute atomic E-state index is 0.189. The van der Waals surface area contributed by atoms with Crippen LogP contribution in [0.4, 0.5) is 0 Å². The van der Waals surface area contributed by atoms with E-state index in [1.54, 1.807) is 5.57 Å². The first kappa shape index (κ1) is 34.4. The molecule has 0 amide bonds. The van der Waals surface area contributed by atoms with E-state index in [1.807, 2.05) is 13.8 Å². The molecule has 0 aliphatic heterocycles. The molecule has 9 atom stereocenters. The Morgan fingerprint density at radius 1 is 1.02 bits per heavy atom. The first-order valence-corrected chi connectivity index (χ1v) is 20.2. The third-order valence-electron chi connectivity index (χ3n) is 13.0. The molecule has 0 bridgehead atoms. The molecule has 3 fully saturated rings. The van der Waals surface area contributed by atoms with E-state index < -0.39 is 13.9 Å². The Bertz CT molecular complexity index is 1010. The Morgan fingerprint density at radius 2 is 1.71 bits per heavy atom. The van der Waals surface area contributed by atoms with Gasteiger partial charge in [-0.05, 0) is 145 Å². The lowest BCUT2D eigenvalue weighted by Crippen LogP contribution is -2.53. The summed E-state index contributed by atoms with van der Waals surface area (Å²) in [6.07, 6.45) is 17.6. The lowest BCUT2D eigenvalue weighted by atomic mass is 9.47. The highest BCUT2D eigenvalue weighted by atomic mass is 28.4. The molecule has 3 saturated carbocycles. The zero-order chi connectivity index (χ0) is 31.4. The minimum Gasteiger partial charge on any atom is -0.414 e. The number of allylic oxidation sites excluding steroid dienone is 1. The van der Waals surface area contributed by atoms with Gasteiger partial charge in [-0.15, -0.1) is 0 Å². The molecule has 0 aromatic carbocycles. The van der Waals surface area contributed by atoms with Gasteiger partial charge in [-0.1, -0.05) is 58.4 Å². The number of hydrogen-bond donors (Lipinski definition) is 1. The van der Waals surface area contributed by atoms with Crippen LogP contribution in [0.5, 0.6) is 0 Å². The van der Waals surface area contributed by atoms with Gasteiger partial charge in [0.15, 0.2) is 14.6 Å². The Balaban J connectivity index is 1.44. The van der Waals surface area contributed by atoms with Crippen LogP contribution < -0.4 is 0 Å². The van der Waals surface area contributed by atoms with Crippen molar-refractivity contribution in [3.8, 4) is 0 Å². The third-order valence-corrected chi connectivity index (χ3v) is 17.5. The molecule has 4 aliphatic carbocycles. The topological polar surface area (TPSA) is 47.9 Å². The summed E-state index contributed by atoms with van der Waals surface area (Å²) in [7, 11) is -1.76. The summed E-state index contributed by atoms with van der Waals surface area (Å²) in [5.74, 6) is 2.51. The third kappa shape index (κ3) is 6.71. The van der Waals surface area contributed by atoms with Gasteiger partial charge >= 0.3 is 0 Å². The van der Waals surface area contributed by atoms with E-state index in [0.717, 1.165) is 31.1 Å². The summed E-state index contributed by atoms with van der Waals surface area (Å²) < 4.78 is 18.7. The maximum absolute atomic E-state index is 11.9. The van der Waals surface area contributed by atoms with Crippen LogP contribution in [0.25, 0.3) is 0 Å². The van der Waals surface area contributed by atoms with Crippen molar-refractivity contribution in [2.24, 2.45) is 34.5 Å². The minimum atomic E-state index is -1.76. The van der Waals surface area contributed by atoms with Gasteiger partial charge in [-0.3, -0.25) is 0 Å². The van der Waals surface area contributed by atoms with Crippen LogP contribution in [0.3, 0.4) is 0 Å². The largest absolute Gasteiger partial charge is 0.414 e. The van der Waals surface area contributed by atoms with Gasteiger partial charge in [0, 0.05) is 12.7 Å². The molecule has 0 aromatic rings. The first-order valence-electron chi connectivity index (χ1n) is 17.3. The van der Waals surface area contributed by atoms with E-state index in [1.165, 1.54) is 38.5 Å². The summed E-state index contributed by atoms with van der Waals surface area (Å²) in [4.78, 5) is 0. The van der Waals surface area contributed by atoms with Crippen LogP contribution in [0.15, 0.2) is 23.8 Å². The van der Waals surface area contributed by atoms with E-state index in [-0.39, 0.29) is 22.3 Å². The standard InChI is InChI=1S/C37H66O4Si/c1-13-39-26(2)40-34(6,7)21-14-22-37(10,38)32-18-17-30-29-16-15-27-25-28(41-42(11,12)33(3,4)5)19-23-35(27,8)31(29)20-24-36(30,32)9/h14-15,22,26,28-32,38H,13,16-21,23-25H2,1-12H3/t26?,28?,29-,30-,31-,32-,35-,36-,37-/m0/s1. The summed E-state index contributed by atoms with van der Waals surface area (Å²) >= 11 is 0. The summed E-state index contributed by atoms with van der Waals surface area (Å²) in [6, 6.07) is 0. The van der Waals surface area contributed by atoms with Crippen molar-refractivity contribution < 1.29 is 19.0 Å². The zero-order valence-electron chi connectivity index (χ0n) is 29.4. The van der Waals surface area contributed by atoms with E-state index in [9.17, 15) is 5.11 Å². The maximum atomic E-state index is 11.9. The van der Waals surface area contributed by atoms with Gasteiger partial charge in [0.05, 0.1) is 11.2 Å². The second-order valence-corrected chi connectivity index (χ2v) is 22.2. The Hall–Kier alpha value is -0.463. The second-order valence-electron chi connectivity index (χ2n) is 17.4. The molecule has 4 aliphatic rings. The fraction of sp³-hybridized carbons (Fsp3) is 0.892. The normalized spacial score (nSPS) is 37.9. The molecule has 4 rings (SSSR count). The molecular weight excluding hydrogens is 536 g/mol. The predicted molar refractivity (Wildman–Crippen MR) is 178 cm³/mol. The van der Waals surface area contributed by atoms with Crippen LogP contribution in [0.2, 0.25) is 18.1 Å². The van der Waals surface area contributed by atoms with Crippen molar-refractivity contribution in [3.05, 3.63) is 23.8 Å². The molecule has 0 saturated heterocycles. The summed E-state index contributed by atoms with van der Waals surface area (Å²) in [6.45, 7) is 27.9. The smallest absolute Gasteiger partial charge is 0.192 e. The molecule has 1 N–H and O–H groups in total. The number of ether oxygens (including phenoxy) is 2. The molecule has 42 heavy (non-hydrogen) atoms. The number of fused-ring (bicyclic) bond motifs is 5. The molecule has 242 valence electrons. The van der Waals surface area contributed by atoms with Crippen molar-refractivity contribution in [1.82, 2.24) is 0 Å². The lowest BCUT2D eigenvalue weighted by molar-refractivity contribution is -0.187. The lowest BCUT2D eigenvalue weighted by Gasteiger charge is -2.59. The summed E-state index contributed by atoms with van der Waals surface area (Å²) in [5, 5.41) is 12.2. The van der Waals surface area contributed by atoms with E-state index in [2.05, 4.69) is 86.7 Å². The molecule has 0 spiro atoms. The molecule has 2 unspecified atom stereocenters. The highest BCUT2D eigenvalue weighted by molar-refractivity contribution is 6.74. The van der Waals surface area contributed by atoms with Crippen molar-refractivity contribution in [3.63, 3.8) is 0 Å². The van der Waals surface area contributed by atoms with Crippen molar-refractivity contribution in [1.29, 1.82) is 0 Å². The summed E-state index contributed by atoms with van der Waals surface area (Å²) in [5.41, 5.74) is 1.07. The van der Waals surface area contributed by atoms with Crippen molar-refractivity contribution >= 4 is 8.32 Å². The average Bonchev–Trinajstić information content (AvgIpc) is 3.21. The Morgan fingerprint density at radius 3 is 2.36 bits per heavy atom. The predicted octanol–water partition coefficient (Wildman–Crippen LogP) is 9.83. The van der Waals surface area contributed by atoms with Crippen LogP contribution in [-0.2, 0) is 13.9 Å². The van der Waals surface area contributed by atoms with Gasteiger partial charge in [0.1, 0.15) is 0 Å². The molecular formula is C37H66O4Si. The van der Waals surface area contributed by atoms with Crippen LogP contribution in [-0.4, -0.2) is 43.6 Å². The maximum Gasteiger partial charge on any atom is 0.192 e. The second kappa shape index (κ2) is 12.0. The zero-order valence-corrected chi connectivity index (χ0v) is 30.4. The van der Waals surface area contributed by atoms with E-state index >= 15 is 0 Å². The molecule has 0 heterocycles. The fourth-order valence-corrected chi connectivity index (χ4v) is 11.1. The number of rotatable bonds is 10. The van der Waals surface area contributed by atoms with Crippen LogP contribution >= 0.6 is 0 Å². The Kier molecular flexibility index (Phi) is 9.87. The van der Waals surface area contributed by atoms with E-state index in [0.29, 0.717) is 30.0 Å². The highest BCUT2D eigenvalue weighted by Crippen LogP contribution is 2.67. The molecule has 0 aromatic heterocycles. The fourth-order valence-electron chi connectivity index (χ4n) is 9.75. The number of aliphatic hydroxyl groups is 1. The monoisotopic (exact) mass is 602 g/mol. The first-order chi connectivity index (χ1) is 19.3. The van der Waals surface area contributed by atoms with Crippen LogP contribution in [0, 0.1) is 34.5 Å². The quantitative estimate of drug-likeness (QED) is 0.154. The average molecular weight is 603 g/mol. The van der Waals surface area contributed by atoms with Crippen LogP contribution in [0.1, 0.15) is 127 Å². The number of hydrogen-bond acceptors (Lipinski definition) is 4. The molecule has 5 heteroatoms. The molecule has 4 nitrogen and oxygen atoms in total. The molecule has 0 radical (unpaired) electrons. The van der Waals surface area contributed by atoms with Gasteiger partial charge < -0.3 is 19.0 Å². The SMILES string of the molecule is CCOC(C)OC(C)(C)CC=C[C@](C)(O)[C@H]1CC[C@H]2[C@@H]3CC=C4CC(O[Si](C)(C)C(C)(C)C)CC[C@]4(C)[C@H]3CC[C@@]21C. The van der Waals surface area contributed by atoms with Gasteiger partial charge in [-0.2, -0.15) is 0 Å². The van der Waals surface area contributed by atoms with Gasteiger partial charge in [0.2, 0.25) is 0 Å². The van der Waals surface area contributed by atoms with Crippen molar-refractivity contribution in [2.75, 3.05) is 6.61 Å². The van der Waals surface area contributed by atoms with Gasteiger partial charge in [0.25, 0.3) is 0 Å². The van der Waals surface area contributed by atoms with Gasteiger partial charge in [-0.25, -0.2) is 0 Å². The van der Waals surface area contributed by atoms with Crippen molar-refractivity contribution in [2.45, 2.75) is 169 Å². The highest BCUT2D eigenvalue weighted by Gasteiger charge is 2.61. The van der Waals surface area contributed by atoms with E-state index in [4.69, 9.17) is 13.9 Å². The Labute approximate surface area is 260 Å².